The lowest BCUT2D eigenvalue weighted by Crippen LogP contribution is -2.19. The Labute approximate surface area is 79.9 Å². The second-order valence-corrected chi connectivity index (χ2v) is 2.88. The van der Waals surface area contributed by atoms with Gasteiger partial charge in [-0.05, 0) is 17.7 Å². The Morgan fingerprint density at radius 1 is 1.43 bits per heavy atom. The smallest absolute Gasteiger partial charge is 0.217 e. The quantitative estimate of drug-likeness (QED) is 0.704. The minimum absolute atomic E-state index is 0.0868. The van der Waals surface area contributed by atoms with E-state index in [4.69, 9.17) is 5.73 Å². The van der Waals surface area contributed by atoms with Crippen LogP contribution in [0.1, 0.15) is 12.5 Å². The summed E-state index contributed by atoms with van der Waals surface area (Å²) >= 11 is 0. The van der Waals surface area contributed by atoms with Crippen LogP contribution in [0.25, 0.3) is 0 Å². The Balaban J connectivity index is 2.84. The fraction of sp³-hybridized carbons (Fsp3) is 0.222. The number of halogens is 2. The number of nitrogen functional groups attached to an aromatic ring is 1. The molecule has 0 aliphatic rings. The van der Waals surface area contributed by atoms with Crippen molar-refractivity contribution in [1.29, 1.82) is 0 Å². The number of carbonyl (C=O) groups excluding carboxylic acids is 1. The number of carbonyl (C=O) groups is 1. The molecule has 0 heterocycles. The number of benzene rings is 1. The summed E-state index contributed by atoms with van der Waals surface area (Å²) in [7, 11) is 0. The van der Waals surface area contributed by atoms with E-state index in [1.165, 1.54) is 6.92 Å². The fourth-order valence-corrected chi connectivity index (χ4v) is 0.965. The minimum atomic E-state index is -0.814. The van der Waals surface area contributed by atoms with Gasteiger partial charge >= 0.3 is 0 Å². The Morgan fingerprint density at radius 2 is 1.93 bits per heavy atom. The van der Waals surface area contributed by atoms with E-state index in [0.29, 0.717) is 5.56 Å². The van der Waals surface area contributed by atoms with E-state index >= 15 is 0 Å². The number of nitrogens with two attached hydrogens (primary N) is 1. The molecule has 1 aromatic rings. The van der Waals surface area contributed by atoms with Crippen molar-refractivity contribution in [1.82, 2.24) is 5.32 Å². The van der Waals surface area contributed by atoms with Gasteiger partial charge in [-0.3, -0.25) is 4.79 Å². The lowest BCUT2D eigenvalue weighted by atomic mass is 10.2. The summed E-state index contributed by atoms with van der Waals surface area (Å²) in [5.41, 5.74) is 4.90. The van der Waals surface area contributed by atoms with Crippen molar-refractivity contribution < 1.29 is 13.6 Å². The first kappa shape index (κ1) is 10.4. The first-order chi connectivity index (χ1) is 6.50. The molecule has 0 saturated heterocycles. The Kier molecular flexibility index (Phi) is 3.01. The van der Waals surface area contributed by atoms with E-state index in [9.17, 15) is 13.6 Å². The van der Waals surface area contributed by atoms with Gasteiger partial charge in [0.1, 0.15) is 17.3 Å². The average molecular weight is 200 g/mol. The molecule has 0 radical (unpaired) electrons. The van der Waals surface area contributed by atoms with Gasteiger partial charge in [-0.25, -0.2) is 8.78 Å². The number of rotatable bonds is 2. The predicted molar refractivity (Wildman–Crippen MR) is 48.3 cm³/mol. The third-order valence-corrected chi connectivity index (χ3v) is 1.68. The van der Waals surface area contributed by atoms with Crippen LogP contribution < -0.4 is 11.1 Å². The first-order valence-electron chi connectivity index (χ1n) is 3.98. The minimum Gasteiger partial charge on any atom is -0.394 e. The topological polar surface area (TPSA) is 55.1 Å². The molecule has 5 heteroatoms. The molecule has 3 N–H and O–H groups in total. The van der Waals surface area contributed by atoms with Crippen LogP contribution in [0.3, 0.4) is 0 Å². The number of hydrogen-bond donors (Lipinski definition) is 2. The monoisotopic (exact) mass is 200 g/mol. The molecular weight excluding hydrogens is 190 g/mol. The van der Waals surface area contributed by atoms with Crippen molar-refractivity contribution in [2.24, 2.45) is 0 Å². The summed E-state index contributed by atoms with van der Waals surface area (Å²) in [6.07, 6.45) is 0. The van der Waals surface area contributed by atoms with Gasteiger partial charge in [-0.2, -0.15) is 0 Å². The average Bonchev–Trinajstić information content (AvgIpc) is 2.10. The predicted octanol–water partition coefficient (Wildman–Crippen LogP) is 1.18. The highest BCUT2D eigenvalue weighted by Crippen LogP contribution is 2.16. The standard InChI is InChI=1S/C9H10F2N2O/c1-5(14)13-4-6-2-7(10)9(12)8(11)3-6/h2-3H,4,12H2,1H3,(H,13,14). The number of amides is 1. The molecule has 76 valence electrons. The SMILES string of the molecule is CC(=O)NCc1cc(F)c(N)c(F)c1. The van der Waals surface area contributed by atoms with Gasteiger partial charge in [0.25, 0.3) is 0 Å². The van der Waals surface area contributed by atoms with Gasteiger partial charge < -0.3 is 11.1 Å². The first-order valence-corrected chi connectivity index (χ1v) is 3.98. The van der Waals surface area contributed by atoms with E-state index in [-0.39, 0.29) is 12.5 Å². The van der Waals surface area contributed by atoms with Crippen LogP contribution in [-0.2, 0) is 11.3 Å². The zero-order valence-electron chi connectivity index (χ0n) is 7.60. The maximum Gasteiger partial charge on any atom is 0.217 e. The summed E-state index contributed by atoms with van der Waals surface area (Å²) in [5.74, 6) is -1.89. The van der Waals surface area contributed by atoms with E-state index < -0.39 is 17.3 Å². The fourth-order valence-electron chi connectivity index (χ4n) is 0.965. The number of hydrogen-bond acceptors (Lipinski definition) is 2. The molecular formula is C9H10F2N2O. The third kappa shape index (κ3) is 2.42. The Bertz CT molecular complexity index is 343. The van der Waals surface area contributed by atoms with Gasteiger partial charge in [0, 0.05) is 13.5 Å². The maximum atomic E-state index is 12.9. The van der Waals surface area contributed by atoms with Crippen molar-refractivity contribution in [3.63, 3.8) is 0 Å². The summed E-state index contributed by atoms with van der Waals surface area (Å²) in [6, 6.07) is 2.18. The molecule has 14 heavy (non-hydrogen) atoms. The molecule has 0 fully saturated rings. The second-order valence-electron chi connectivity index (χ2n) is 2.88. The van der Waals surface area contributed by atoms with Gasteiger partial charge in [-0.15, -0.1) is 0 Å². The molecule has 0 atom stereocenters. The molecule has 3 nitrogen and oxygen atoms in total. The van der Waals surface area contributed by atoms with Crippen LogP contribution in [0.5, 0.6) is 0 Å². The lowest BCUT2D eigenvalue weighted by molar-refractivity contribution is -0.119. The van der Waals surface area contributed by atoms with Crippen molar-refractivity contribution in [3.8, 4) is 0 Å². The molecule has 0 aromatic heterocycles. The van der Waals surface area contributed by atoms with Crippen LogP contribution in [0.2, 0.25) is 0 Å². The van der Waals surface area contributed by atoms with Gasteiger partial charge in [0.15, 0.2) is 0 Å². The van der Waals surface area contributed by atoms with Crippen LogP contribution in [-0.4, -0.2) is 5.91 Å². The van der Waals surface area contributed by atoms with Crippen molar-refractivity contribution in [3.05, 3.63) is 29.3 Å². The zero-order chi connectivity index (χ0) is 10.7. The van der Waals surface area contributed by atoms with Crippen LogP contribution >= 0.6 is 0 Å². The number of anilines is 1. The second kappa shape index (κ2) is 4.04. The summed E-state index contributed by atoms with van der Waals surface area (Å²) in [6.45, 7) is 1.41. The highest BCUT2D eigenvalue weighted by Gasteiger charge is 2.07. The number of nitrogens with one attached hydrogen (secondary N) is 1. The van der Waals surface area contributed by atoms with Crippen LogP contribution in [0.15, 0.2) is 12.1 Å². The molecule has 0 spiro atoms. The normalized spacial score (nSPS) is 9.93. The van der Waals surface area contributed by atoms with Crippen LogP contribution in [0, 0.1) is 11.6 Å². The van der Waals surface area contributed by atoms with E-state index in [0.717, 1.165) is 12.1 Å². The van der Waals surface area contributed by atoms with E-state index in [1.807, 2.05) is 0 Å². The molecule has 0 saturated carbocycles. The van der Waals surface area contributed by atoms with Crippen molar-refractivity contribution >= 4 is 11.6 Å². The van der Waals surface area contributed by atoms with Gasteiger partial charge in [-0.1, -0.05) is 0 Å². The molecule has 1 aromatic carbocycles. The van der Waals surface area contributed by atoms with Gasteiger partial charge in [0.05, 0.1) is 0 Å². The third-order valence-electron chi connectivity index (χ3n) is 1.68. The van der Waals surface area contributed by atoms with Crippen molar-refractivity contribution in [2.75, 3.05) is 5.73 Å². The molecule has 0 aliphatic carbocycles. The van der Waals surface area contributed by atoms with Gasteiger partial charge in [0.2, 0.25) is 5.91 Å². The Hall–Kier alpha value is -1.65. The Morgan fingerprint density at radius 3 is 2.36 bits per heavy atom. The van der Waals surface area contributed by atoms with Crippen molar-refractivity contribution in [2.45, 2.75) is 13.5 Å². The van der Waals surface area contributed by atoms with E-state index in [1.54, 1.807) is 0 Å². The molecule has 0 unspecified atom stereocenters. The molecule has 1 rings (SSSR count). The largest absolute Gasteiger partial charge is 0.394 e. The van der Waals surface area contributed by atoms with Crippen LogP contribution in [0.4, 0.5) is 14.5 Å². The van der Waals surface area contributed by atoms with E-state index in [2.05, 4.69) is 5.32 Å². The maximum absolute atomic E-state index is 12.9. The molecule has 1 amide bonds. The highest BCUT2D eigenvalue weighted by atomic mass is 19.1. The lowest BCUT2D eigenvalue weighted by Gasteiger charge is -2.05. The summed E-state index contributed by atoms with van der Waals surface area (Å²) in [4.78, 5) is 10.5. The zero-order valence-corrected chi connectivity index (χ0v) is 7.60. The highest BCUT2D eigenvalue weighted by molar-refractivity contribution is 5.72. The summed E-state index contributed by atoms with van der Waals surface area (Å²) < 4.78 is 25.8. The molecule has 0 bridgehead atoms. The summed E-state index contributed by atoms with van der Waals surface area (Å²) in [5, 5.41) is 2.42. The molecule has 0 aliphatic heterocycles.